The fourth-order valence-corrected chi connectivity index (χ4v) is 3.49. The molecule has 8 nitrogen and oxygen atoms in total. The van der Waals surface area contributed by atoms with Crippen molar-refractivity contribution in [1.82, 2.24) is 5.48 Å². The Morgan fingerprint density at radius 1 is 1.29 bits per heavy atom. The summed E-state index contributed by atoms with van der Waals surface area (Å²) in [6.07, 6.45) is 1.67. The normalized spacial score (nSPS) is 16.4. The van der Waals surface area contributed by atoms with Crippen LogP contribution in [0.1, 0.15) is 25.3 Å². The molecule has 0 aromatic heterocycles. The summed E-state index contributed by atoms with van der Waals surface area (Å²) in [5.74, 6) is 0.976. The predicted octanol–water partition coefficient (Wildman–Crippen LogP) is 2.65. The van der Waals surface area contributed by atoms with E-state index in [-0.39, 0.29) is 16.5 Å². The Morgan fingerprint density at radius 2 is 2.04 bits per heavy atom. The van der Waals surface area contributed by atoms with E-state index >= 15 is 0 Å². The van der Waals surface area contributed by atoms with Crippen LogP contribution in [-0.4, -0.2) is 38.6 Å². The van der Waals surface area contributed by atoms with Crippen LogP contribution in [0.4, 0.5) is 5.69 Å². The molecule has 1 aliphatic rings. The number of aliphatic hydroxyl groups is 1. The Hall–Kier alpha value is -2.62. The number of nitrogens with zero attached hydrogens (tertiary/aromatic N) is 1. The van der Waals surface area contributed by atoms with E-state index in [2.05, 4.69) is 22.7 Å². The standard InChI is InChI=1S/C19H23N3O5S/c1-3-4-10-20-15-11-13(18-21-19(23)27-22-18)12-16(28(2,24)25)17(15)26-14-8-6-5-7-9-14/h5-9,11-12,19-20,23H,3-4,10H2,1-2H3,(H,21,22). The third kappa shape index (κ3) is 4.80. The van der Waals surface area contributed by atoms with Gasteiger partial charge in [0, 0.05) is 18.4 Å². The molecule has 2 aromatic carbocycles. The first-order valence-corrected chi connectivity index (χ1v) is 10.8. The maximum absolute atomic E-state index is 12.5. The van der Waals surface area contributed by atoms with Crippen molar-refractivity contribution in [2.24, 2.45) is 4.99 Å². The van der Waals surface area contributed by atoms with E-state index in [0.717, 1.165) is 19.1 Å². The molecule has 0 bridgehead atoms. The lowest BCUT2D eigenvalue weighted by Crippen LogP contribution is -2.20. The Bertz CT molecular complexity index is 961. The molecule has 0 aliphatic carbocycles. The largest absolute Gasteiger partial charge is 0.454 e. The van der Waals surface area contributed by atoms with E-state index in [4.69, 9.17) is 9.57 Å². The van der Waals surface area contributed by atoms with Crippen LogP contribution in [0.5, 0.6) is 11.5 Å². The van der Waals surface area contributed by atoms with Gasteiger partial charge in [-0.15, -0.1) is 0 Å². The molecule has 0 fully saturated rings. The second-order valence-corrected chi connectivity index (χ2v) is 8.33. The summed E-state index contributed by atoms with van der Waals surface area (Å²) >= 11 is 0. The highest BCUT2D eigenvalue weighted by molar-refractivity contribution is 7.90. The zero-order valence-electron chi connectivity index (χ0n) is 15.7. The van der Waals surface area contributed by atoms with E-state index in [1.165, 1.54) is 6.07 Å². The summed E-state index contributed by atoms with van der Waals surface area (Å²) in [5, 5.41) is 12.7. The van der Waals surface area contributed by atoms with E-state index in [0.29, 0.717) is 23.5 Å². The molecule has 1 heterocycles. The van der Waals surface area contributed by atoms with Crippen LogP contribution in [0.15, 0.2) is 52.4 Å². The van der Waals surface area contributed by atoms with Gasteiger partial charge >= 0.3 is 0 Å². The molecule has 28 heavy (non-hydrogen) atoms. The van der Waals surface area contributed by atoms with Crippen LogP contribution in [0, 0.1) is 0 Å². The predicted molar refractivity (Wildman–Crippen MR) is 106 cm³/mol. The van der Waals surface area contributed by atoms with Crippen molar-refractivity contribution in [2.75, 3.05) is 18.1 Å². The molecule has 9 heteroatoms. The molecule has 1 atom stereocenters. The summed E-state index contributed by atoms with van der Waals surface area (Å²) < 4.78 is 31.0. The van der Waals surface area contributed by atoms with Gasteiger partial charge in [-0.2, -0.15) is 0 Å². The zero-order chi connectivity index (χ0) is 20.1. The fraction of sp³-hybridized carbons (Fsp3) is 0.316. The lowest BCUT2D eigenvalue weighted by molar-refractivity contribution is -0.102. The molecule has 1 aliphatic heterocycles. The highest BCUT2D eigenvalue weighted by Gasteiger charge is 2.24. The second kappa shape index (κ2) is 8.59. The Balaban J connectivity index is 2.12. The molecule has 0 saturated heterocycles. The molecular weight excluding hydrogens is 382 g/mol. The van der Waals surface area contributed by atoms with Crippen LogP contribution in [-0.2, 0) is 14.7 Å². The lowest BCUT2D eigenvalue weighted by Gasteiger charge is -2.18. The van der Waals surface area contributed by atoms with E-state index < -0.39 is 16.3 Å². The first kappa shape index (κ1) is 20.1. The van der Waals surface area contributed by atoms with Crippen LogP contribution in [0.2, 0.25) is 0 Å². The number of anilines is 1. The number of ether oxygens (including phenoxy) is 1. The van der Waals surface area contributed by atoms with Crippen LogP contribution in [0.25, 0.3) is 0 Å². The lowest BCUT2D eigenvalue weighted by atomic mass is 10.1. The number of sulfone groups is 1. The number of hydroxylamine groups is 1. The van der Waals surface area contributed by atoms with Crippen molar-refractivity contribution in [3.8, 4) is 11.5 Å². The van der Waals surface area contributed by atoms with Gasteiger partial charge in [-0.05, 0) is 30.7 Å². The zero-order valence-corrected chi connectivity index (χ0v) is 16.5. The molecule has 1 unspecified atom stereocenters. The third-order valence-electron chi connectivity index (χ3n) is 4.04. The number of unbranched alkanes of at least 4 members (excludes halogenated alkanes) is 1. The highest BCUT2D eigenvalue weighted by atomic mass is 32.2. The summed E-state index contributed by atoms with van der Waals surface area (Å²) in [7, 11) is -3.62. The maximum Gasteiger partial charge on any atom is 0.280 e. The van der Waals surface area contributed by atoms with Gasteiger partial charge in [0.25, 0.3) is 6.41 Å². The van der Waals surface area contributed by atoms with Gasteiger partial charge in [0.1, 0.15) is 10.6 Å². The quantitative estimate of drug-likeness (QED) is 0.579. The van der Waals surface area contributed by atoms with E-state index in [1.807, 2.05) is 18.2 Å². The molecule has 150 valence electrons. The van der Waals surface area contributed by atoms with Gasteiger partial charge in [-0.25, -0.2) is 23.7 Å². The minimum Gasteiger partial charge on any atom is -0.454 e. The average molecular weight is 405 g/mol. The summed E-state index contributed by atoms with van der Waals surface area (Å²) in [6, 6.07) is 12.1. The van der Waals surface area contributed by atoms with E-state index in [9.17, 15) is 13.5 Å². The van der Waals surface area contributed by atoms with Gasteiger partial charge < -0.3 is 15.2 Å². The number of hydrogen-bond acceptors (Lipinski definition) is 8. The molecule has 3 rings (SSSR count). The minimum atomic E-state index is -3.62. The Morgan fingerprint density at radius 3 is 2.64 bits per heavy atom. The molecular formula is C19H23N3O5S. The number of benzene rings is 2. The van der Waals surface area contributed by atoms with Gasteiger partial charge in [-0.3, -0.25) is 0 Å². The number of rotatable bonds is 8. The first-order valence-electron chi connectivity index (χ1n) is 8.91. The van der Waals surface area contributed by atoms with Gasteiger partial charge in [0.15, 0.2) is 21.4 Å². The number of aliphatic hydroxyl groups excluding tert-OH is 1. The average Bonchev–Trinajstić information content (AvgIpc) is 3.09. The van der Waals surface area contributed by atoms with Crippen molar-refractivity contribution in [2.45, 2.75) is 31.1 Å². The highest BCUT2D eigenvalue weighted by Crippen LogP contribution is 2.38. The Kier molecular flexibility index (Phi) is 6.18. The maximum atomic E-state index is 12.5. The van der Waals surface area contributed by atoms with Crippen molar-refractivity contribution < 1.29 is 23.1 Å². The van der Waals surface area contributed by atoms with Crippen LogP contribution in [0.3, 0.4) is 0 Å². The van der Waals surface area contributed by atoms with Crippen molar-refractivity contribution in [1.29, 1.82) is 0 Å². The molecule has 0 spiro atoms. The molecule has 0 amide bonds. The number of aliphatic imine (C=N–C) groups is 1. The van der Waals surface area contributed by atoms with Crippen molar-refractivity contribution >= 4 is 21.4 Å². The molecule has 3 N–H and O–H groups in total. The van der Waals surface area contributed by atoms with Crippen LogP contribution >= 0.6 is 0 Å². The molecule has 0 radical (unpaired) electrons. The number of nitrogens with one attached hydrogen (secondary N) is 2. The molecule has 2 aromatic rings. The minimum absolute atomic E-state index is 0.0127. The van der Waals surface area contributed by atoms with Gasteiger partial charge in [0.05, 0.1) is 5.69 Å². The van der Waals surface area contributed by atoms with Crippen molar-refractivity contribution in [3.05, 3.63) is 48.0 Å². The molecule has 0 saturated carbocycles. The van der Waals surface area contributed by atoms with Gasteiger partial charge in [-0.1, -0.05) is 31.5 Å². The summed E-state index contributed by atoms with van der Waals surface area (Å²) in [4.78, 5) is 8.73. The van der Waals surface area contributed by atoms with Crippen molar-refractivity contribution in [3.63, 3.8) is 0 Å². The summed E-state index contributed by atoms with van der Waals surface area (Å²) in [6.45, 7) is 2.71. The fourth-order valence-electron chi connectivity index (χ4n) is 2.66. The summed E-state index contributed by atoms with van der Waals surface area (Å²) in [5.41, 5.74) is 3.47. The number of hydrogen-bond donors (Lipinski definition) is 3. The van der Waals surface area contributed by atoms with E-state index in [1.54, 1.807) is 18.2 Å². The van der Waals surface area contributed by atoms with Gasteiger partial charge in [0.2, 0.25) is 0 Å². The number of para-hydroxylation sites is 1. The van der Waals surface area contributed by atoms with Crippen LogP contribution < -0.4 is 15.5 Å². The monoisotopic (exact) mass is 405 g/mol. The second-order valence-electron chi connectivity index (χ2n) is 6.34. The smallest absolute Gasteiger partial charge is 0.280 e. The number of amidine groups is 1. The Labute approximate surface area is 164 Å². The topological polar surface area (TPSA) is 109 Å². The SMILES string of the molecule is CCCCNc1cc(C2=NC(O)ON2)cc(S(C)(=O)=O)c1Oc1ccccc1. The first-order chi connectivity index (χ1) is 13.4. The third-order valence-corrected chi connectivity index (χ3v) is 5.14.